The van der Waals surface area contributed by atoms with Gasteiger partial charge in [-0.3, -0.25) is 9.36 Å². The molecule has 4 aromatic rings. The first-order chi connectivity index (χ1) is 21.4. The number of carbonyl (C=O) groups is 1. The maximum absolute atomic E-state index is 12.5. The summed E-state index contributed by atoms with van der Waals surface area (Å²) in [6.45, 7) is 2.65. The van der Waals surface area contributed by atoms with Gasteiger partial charge >= 0.3 is 0 Å². The number of aromatic nitrogens is 4. The first kappa shape index (κ1) is 29.9. The molecule has 2 aromatic heterocycles. The first-order valence-corrected chi connectivity index (χ1v) is 15.2. The normalized spacial score (nSPS) is 25.3. The molecule has 44 heavy (non-hydrogen) atoms. The molecule has 6 N–H and O–H groups in total. The van der Waals surface area contributed by atoms with Gasteiger partial charge in [0.1, 0.15) is 12.2 Å². The molecule has 0 spiro atoms. The van der Waals surface area contributed by atoms with E-state index in [0.717, 1.165) is 24.0 Å². The lowest BCUT2D eigenvalue weighted by Gasteiger charge is -2.26. The Morgan fingerprint density at radius 3 is 2.25 bits per heavy atom. The molecule has 1 amide bonds. The lowest BCUT2D eigenvalue weighted by Crippen LogP contribution is -2.42. The highest BCUT2D eigenvalue weighted by Gasteiger charge is 2.47. The van der Waals surface area contributed by atoms with Crippen molar-refractivity contribution >= 4 is 28.8 Å². The van der Waals surface area contributed by atoms with Crippen LogP contribution in [0, 0.1) is 0 Å². The number of carbonyl (C=O) groups excluding carboxylic acids is 1. The highest BCUT2D eigenvalue weighted by molar-refractivity contribution is 5.85. The van der Waals surface area contributed by atoms with E-state index in [0.29, 0.717) is 48.9 Å². The van der Waals surface area contributed by atoms with Gasteiger partial charge in [0, 0.05) is 25.0 Å². The molecule has 4 atom stereocenters. The molecule has 2 fully saturated rings. The van der Waals surface area contributed by atoms with Crippen LogP contribution >= 0.6 is 0 Å². The molecule has 3 heterocycles. The summed E-state index contributed by atoms with van der Waals surface area (Å²) >= 11 is 0. The van der Waals surface area contributed by atoms with Crippen molar-refractivity contribution in [2.24, 2.45) is 0 Å². The third-order valence-corrected chi connectivity index (χ3v) is 8.45. The molecule has 0 radical (unpaired) electrons. The first-order valence-electron chi connectivity index (χ1n) is 15.2. The monoisotopic (exact) mass is 601 g/mol. The van der Waals surface area contributed by atoms with Crippen LogP contribution in [0.3, 0.4) is 0 Å². The van der Waals surface area contributed by atoms with Gasteiger partial charge in [-0.2, -0.15) is 9.97 Å². The number of fused-ring (bicyclic) bond motifs is 1. The van der Waals surface area contributed by atoms with Crippen LogP contribution in [0.5, 0.6) is 0 Å². The fourth-order valence-corrected chi connectivity index (χ4v) is 6.07. The number of anilines is 2. The predicted molar refractivity (Wildman–Crippen MR) is 165 cm³/mol. The summed E-state index contributed by atoms with van der Waals surface area (Å²) < 4.78 is 7.43. The number of aliphatic hydroxyl groups excluding tert-OH is 3. The Hall–Kier alpha value is -4.10. The van der Waals surface area contributed by atoms with Crippen molar-refractivity contribution in [3.63, 3.8) is 0 Å². The van der Waals surface area contributed by atoms with Crippen molar-refractivity contribution in [2.75, 3.05) is 23.7 Å². The summed E-state index contributed by atoms with van der Waals surface area (Å²) in [5.74, 6) is 0.385. The van der Waals surface area contributed by atoms with Crippen molar-refractivity contribution in [3.05, 3.63) is 78.1 Å². The van der Waals surface area contributed by atoms with Crippen LogP contribution < -0.4 is 16.0 Å². The van der Waals surface area contributed by atoms with Crippen LogP contribution in [-0.4, -0.2) is 84.3 Å². The van der Waals surface area contributed by atoms with E-state index in [1.807, 2.05) is 36.4 Å². The Morgan fingerprint density at radius 1 is 0.955 bits per heavy atom. The summed E-state index contributed by atoms with van der Waals surface area (Å²) in [5.41, 5.74) is 3.13. The number of hydrogen-bond donors (Lipinski definition) is 6. The molecule has 12 heteroatoms. The second kappa shape index (κ2) is 13.3. The number of rotatable bonds is 10. The molecule has 232 valence electrons. The number of nitrogens with one attached hydrogen (secondary N) is 3. The second-order valence-corrected chi connectivity index (χ2v) is 11.4. The maximum atomic E-state index is 12.5. The standard InChI is InChI=1S/C32H39N7O5/c1-2-33-30(43)27-25(41)26(42)31(44-27)39-18-35-24-28(37-32(38-29(24)39)36-21-13-15-22(40)16-14-21)34-17-23(19-9-5-3-6-10-19)20-11-7-4-8-12-20/h3-12,18,21-23,25-27,31,40-42H,2,13-17H2,1H3,(H,33,43)(H2,34,36,37,38)/t21?,22?,25-,26+,27-,31+/m0/s1. The molecule has 0 bridgehead atoms. The van der Waals surface area contributed by atoms with E-state index in [2.05, 4.69) is 45.2 Å². The van der Waals surface area contributed by atoms with Crippen molar-refractivity contribution in [1.82, 2.24) is 24.8 Å². The molecular weight excluding hydrogens is 562 g/mol. The van der Waals surface area contributed by atoms with Crippen molar-refractivity contribution in [3.8, 4) is 0 Å². The van der Waals surface area contributed by atoms with Gasteiger partial charge < -0.3 is 36.0 Å². The van der Waals surface area contributed by atoms with Gasteiger partial charge in [0.05, 0.1) is 12.4 Å². The minimum atomic E-state index is -1.42. The van der Waals surface area contributed by atoms with E-state index in [-0.39, 0.29) is 18.1 Å². The predicted octanol–water partition coefficient (Wildman–Crippen LogP) is 2.54. The largest absolute Gasteiger partial charge is 0.393 e. The summed E-state index contributed by atoms with van der Waals surface area (Å²) in [7, 11) is 0. The smallest absolute Gasteiger partial charge is 0.252 e. The van der Waals surface area contributed by atoms with Gasteiger partial charge in [-0.25, -0.2) is 4.98 Å². The number of likely N-dealkylation sites (N-methyl/N-ethyl adjacent to an activating group) is 1. The number of hydrogen-bond acceptors (Lipinski definition) is 10. The average Bonchev–Trinajstić information content (AvgIpc) is 3.59. The quantitative estimate of drug-likeness (QED) is 0.159. The lowest BCUT2D eigenvalue weighted by atomic mass is 9.91. The topological polar surface area (TPSA) is 167 Å². The summed E-state index contributed by atoms with van der Waals surface area (Å²) in [5, 5.41) is 41.2. The van der Waals surface area contributed by atoms with E-state index in [4.69, 9.17) is 14.7 Å². The van der Waals surface area contributed by atoms with E-state index in [1.165, 1.54) is 10.9 Å². The van der Waals surface area contributed by atoms with Gasteiger partial charge in [-0.05, 0) is 43.7 Å². The minimum absolute atomic E-state index is 0.0220. The second-order valence-electron chi connectivity index (χ2n) is 11.4. The van der Waals surface area contributed by atoms with Crippen LogP contribution in [0.25, 0.3) is 11.2 Å². The lowest BCUT2D eigenvalue weighted by molar-refractivity contribution is -0.137. The van der Waals surface area contributed by atoms with Crippen LogP contribution in [-0.2, 0) is 9.53 Å². The van der Waals surface area contributed by atoms with Gasteiger partial charge in [0.15, 0.2) is 29.3 Å². The highest BCUT2D eigenvalue weighted by Crippen LogP contribution is 2.34. The minimum Gasteiger partial charge on any atom is -0.393 e. The van der Waals surface area contributed by atoms with E-state index in [1.54, 1.807) is 6.92 Å². The van der Waals surface area contributed by atoms with Crippen molar-refractivity contribution in [2.45, 2.75) is 75.2 Å². The third kappa shape index (κ3) is 6.25. The van der Waals surface area contributed by atoms with E-state index < -0.39 is 30.4 Å². The van der Waals surface area contributed by atoms with Gasteiger partial charge in [0.2, 0.25) is 5.95 Å². The van der Waals surface area contributed by atoms with E-state index >= 15 is 0 Å². The summed E-state index contributed by atoms with van der Waals surface area (Å²) in [6.07, 6.45) is -1.01. The Kier molecular flexibility index (Phi) is 9.03. The number of amides is 1. The van der Waals surface area contributed by atoms with Crippen LogP contribution in [0.15, 0.2) is 67.0 Å². The molecule has 6 rings (SSSR count). The zero-order valence-corrected chi connectivity index (χ0v) is 24.6. The molecular formula is C32H39N7O5. The molecule has 0 unspecified atom stereocenters. The van der Waals surface area contributed by atoms with Gasteiger partial charge in [-0.1, -0.05) is 60.7 Å². The van der Waals surface area contributed by atoms with Gasteiger partial charge in [0.25, 0.3) is 5.91 Å². The number of aliphatic hydroxyl groups is 3. The Morgan fingerprint density at radius 2 is 1.61 bits per heavy atom. The zero-order valence-electron chi connectivity index (χ0n) is 24.6. The molecule has 1 aliphatic heterocycles. The maximum Gasteiger partial charge on any atom is 0.252 e. The summed E-state index contributed by atoms with van der Waals surface area (Å²) in [6, 6.07) is 20.6. The highest BCUT2D eigenvalue weighted by atomic mass is 16.6. The van der Waals surface area contributed by atoms with Crippen LogP contribution in [0.2, 0.25) is 0 Å². The Balaban J connectivity index is 1.34. The zero-order chi connectivity index (χ0) is 30.6. The number of ether oxygens (including phenoxy) is 1. The average molecular weight is 602 g/mol. The fraction of sp³-hybridized carbons (Fsp3) is 0.438. The van der Waals surface area contributed by atoms with Crippen LogP contribution in [0.4, 0.5) is 11.8 Å². The Labute approximate surface area is 255 Å². The number of benzene rings is 2. The number of nitrogens with zero attached hydrogens (tertiary/aromatic N) is 4. The molecule has 1 saturated carbocycles. The summed E-state index contributed by atoms with van der Waals surface area (Å²) in [4.78, 5) is 26.7. The SMILES string of the molecule is CCNC(=O)[C@H]1O[C@@H](n2cnc3c(NCC(c4ccccc4)c4ccccc4)nc(NC4CCC(O)CC4)nc32)[C@H](O)[C@@H]1O. The van der Waals surface area contributed by atoms with E-state index in [9.17, 15) is 20.1 Å². The van der Waals surface area contributed by atoms with Crippen molar-refractivity contribution < 1.29 is 24.9 Å². The van der Waals surface area contributed by atoms with Gasteiger partial charge in [-0.15, -0.1) is 0 Å². The third-order valence-electron chi connectivity index (χ3n) is 8.45. The molecule has 2 aliphatic rings. The molecule has 12 nitrogen and oxygen atoms in total. The Bertz CT molecular complexity index is 1510. The van der Waals surface area contributed by atoms with Crippen LogP contribution in [0.1, 0.15) is 55.9 Å². The van der Waals surface area contributed by atoms with Crippen molar-refractivity contribution in [1.29, 1.82) is 0 Å². The number of imidazole rings is 1. The molecule has 1 saturated heterocycles. The molecule has 1 aliphatic carbocycles. The fourth-order valence-electron chi connectivity index (χ4n) is 6.07. The molecule has 2 aromatic carbocycles.